The number of hydrogen-bond donors (Lipinski definition) is 4. The molecular formula is C17H28N2O4. The lowest BCUT2D eigenvalue weighted by Gasteiger charge is -2.15. The fourth-order valence-electron chi connectivity index (χ4n) is 2.19. The molecule has 0 spiro atoms. The Bertz CT molecular complexity index is 474. The lowest BCUT2D eigenvalue weighted by atomic mass is 9.97. The molecule has 0 atom stereocenters. The summed E-state index contributed by atoms with van der Waals surface area (Å²) in [6.45, 7) is 3.27. The van der Waals surface area contributed by atoms with Crippen LogP contribution in [0.2, 0.25) is 0 Å². The van der Waals surface area contributed by atoms with Crippen LogP contribution in [0.25, 0.3) is 0 Å². The van der Waals surface area contributed by atoms with Gasteiger partial charge in [-0.15, -0.1) is 0 Å². The second-order valence-electron chi connectivity index (χ2n) is 5.62. The van der Waals surface area contributed by atoms with Gasteiger partial charge in [0.25, 0.3) is 0 Å². The van der Waals surface area contributed by atoms with Gasteiger partial charge in [0.05, 0.1) is 6.54 Å². The molecule has 0 radical (unpaired) electrons. The van der Waals surface area contributed by atoms with Crippen LogP contribution in [0.15, 0.2) is 12.1 Å². The van der Waals surface area contributed by atoms with Gasteiger partial charge >= 0.3 is 5.97 Å². The SMILES string of the molecule is Cc1cc(C=O)cc(C)c1O.NC1CCCCC1.NCC(=O)O. The van der Waals surface area contributed by atoms with Crippen LogP contribution >= 0.6 is 0 Å². The molecule has 1 aromatic rings. The maximum Gasteiger partial charge on any atom is 0.317 e. The van der Waals surface area contributed by atoms with E-state index in [2.05, 4.69) is 5.73 Å². The molecule has 1 saturated carbocycles. The van der Waals surface area contributed by atoms with Gasteiger partial charge in [-0.1, -0.05) is 19.3 Å². The highest BCUT2D eigenvalue weighted by Gasteiger charge is 2.06. The third kappa shape index (κ3) is 9.65. The fraction of sp³-hybridized carbons (Fsp3) is 0.529. The zero-order chi connectivity index (χ0) is 17.8. The number of aromatic hydroxyl groups is 1. The molecule has 0 aliphatic heterocycles. The standard InChI is InChI=1S/C9H10O2.C6H13N.C2H5NO2/c1-6-3-8(5-10)4-7(2)9(6)11;7-6-4-2-1-3-5-6;3-1-2(4)5/h3-5,11H,1-2H3;6H,1-5,7H2;1,3H2,(H,4,5). The van der Waals surface area contributed by atoms with E-state index in [9.17, 15) is 14.7 Å². The highest BCUT2D eigenvalue weighted by molar-refractivity contribution is 5.76. The van der Waals surface area contributed by atoms with Crippen molar-refractivity contribution < 1.29 is 19.8 Å². The van der Waals surface area contributed by atoms with Crippen LogP contribution in [0.3, 0.4) is 0 Å². The van der Waals surface area contributed by atoms with Crippen LogP contribution in [0.4, 0.5) is 0 Å². The molecule has 1 aliphatic carbocycles. The van der Waals surface area contributed by atoms with Crippen LogP contribution in [-0.4, -0.2) is 35.1 Å². The molecule has 1 aromatic carbocycles. The molecule has 130 valence electrons. The number of benzene rings is 1. The van der Waals surface area contributed by atoms with Crippen LogP contribution < -0.4 is 11.5 Å². The highest BCUT2D eigenvalue weighted by atomic mass is 16.4. The highest BCUT2D eigenvalue weighted by Crippen LogP contribution is 2.21. The zero-order valence-corrected chi connectivity index (χ0v) is 13.9. The van der Waals surface area contributed by atoms with E-state index in [1.165, 1.54) is 32.1 Å². The van der Waals surface area contributed by atoms with Crippen molar-refractivity contribution in [3.63, 3.8) is 0 Å². The maximum absolute atomic E-state index is 10.3. The van der Waals surface area contributed by atoms with E-state index < -0.39 is 5.97 Å². The van der Waals surface area contributed by atoms with Gasteiger partial charge in [-0.3, -0.25) is 9.59 Å². The second kappa shape index (κ2) is 11.6. The Morgan fingerprint density at radius 1 is 1.22 bits per heavy atom. The van der Waals surface area contributed by atoms with E-state index in [1.54, 1.807) is 26.0 Å². The quantitative estimate of drug-likeness (QED) is 0.617. The molecule has 0 amide bonds. The lowest BCUT2D eigenvalue weighted by Crippen LogP contribution is -2.22. The average molecular weight is 324 g/mol. The van der Waals surface area contributed by atoms with Gasteiger partial charge in [-0.2, -0.15) is 0 Å². The van der Waals surface area contributed by atoms with Gasteiger partial charge < -0.3 is 21.7 Å². The van der Waals surface area contributed by atoms with Gasteiger partial charge in [-0.05, 0) is 49.9 Å². The first-order chi connectivity index (χ1) is 10.8. The van der Waals surface area contributed by atoms with Crippen molar-refractivity contribution in [2.24, 2.45) is 11.5 Å². The Balaban J connectivity index is 0.000000347. The summed E-state index contributed by atoms with van der Waals surface area (Å²) in [7, 11) is 0. The van der Waals surface area contributed by atoms with Gasteiger partial charge in [-0.25, -0.2) is 0 Å². The van der Waals surface area contributed by atoms with E-state index in [1.807, 2.05) is 0 Å². The number of rotatable bonds is 2. The first-order valence-electron chi connectivity index (χ1n) is 7.74. The van der Waals surface area contributed by atoms with E-state index in [0.29, 0.717) is 11.6 Å². The number of aliphatic carboxylic acids is 1. The number of carboxylic acid groups (broad SMARTS) is 1. The third-order valence-electron chi connectivity index (χ3n) is 3.47. The van der Waals surface area contributed by atoms with Crippen LogP contribution in [0, 0.1) is 13.8 Å². The summed E-state index contributed by atoms with van der Waals surface area (Å²) < 4.78 is 0. The number of hydrogen-bond acceptors (Lipinski definition) is 5. The molecule has 6 nitrogen and oxygen atoms in total. The number of aryl methyl sites for hydroxylation is 2. The molecule has 1 fully saturated rings. The summed E-state index contributed by atoms with van der Waals surface area (Å²) in [6.07, 6.45) is 7.44. The van der Waals surface area contributed by atoms with Gasteiger partial charge in [0.2, 0.25) is 0 Å². The maximum atomic E-state index is 10.3. The van der Waals surface area contributed by atoms with Crippen molar-refractivity contribution in [3.8, 4) is 5.75 Å². The lowest BCUT2D eigenvalue weighted by molar-refractivity contribution is -0.135. The predicted molar refractivity (Wildman–Crippen MR) is 90.7 cm³/mol. The van der Waals surface area contributed by atoms with Crippen molar-refractivity contribution in [2.75, 3.05) is 6.54 Å². The minimum Gasteiger partial charge on any atom is -0.507 e. The van der Waals surface area contributed by atoms with Crippen molar-refractivity contribution >= 4 is 12.3 Å². The summed E-state index contributed by atoms with van der Waals surface area (Å²) >= 11 is 0. The van der Waals surface area contributed by atoms with Crippen LogP contribution in [-0.2, 0) is 4.79 Å². The molecule has 6 N–H and O–H groups in total. The van der Waals surface area contributed by atoms with E-state index in [0.717, 1.165) is 17.4 Å². The zero-order valence-electron chi connectivity index (χ0n) is 13.9. The number of phenolic OH excluding ortho intramolecular Hbond substituents is 1. The first-order valence-corrected chi connectivity index (χ1v) is 7.74. The van der Waals surface area contributed by atoms with E-state index >= 15 is 0 Å². The molecule has 0 heterocycles. The number of phenols is 1. The number of aldehydes is 1. The van der Waals surface area contributed by atoms with Gasteiger partial charge in [0, 0.05) is 11.6 Å². The van der Waals surface area contributed by atoms with Crippen LogP contribution in [0.1, 0.15) is 53.6 Å². The van der Waals surface area contributed by atoms with Gasteiger partial charge in [0.1, 0.15) is 12.0 Å². The first kappa shape index (κ1) is 21.1. The third-order valence-corrected chi connectivity index (χ3v) is 3.47. The Labute approximate surface area is 137 Å². The summed E-state index contributed by atoms with van der Waals surface area (Å²) in [5.41, 5.74) is 12.3. The average Bonchev–Trinajstić information content (AvgIpc) is 2.54. The Kier molecular flexibility index (Phi) is 10.7. The molecule has 23 heavy (non-hydrogen) atoms. The number of carboxylic acids is 1. The van der Waals surface area contributed by atoms with Crippen molar-refractivity contribution in [1.29, 1.82) is 0 Å². The number of nitrogens with two attached hydrogens (primary N) is 2. The Morgan fingerprint density at radius 2 is 1.65 bits per heavy atom. The summed E-state index contributed by atoms with van der Waals surface area (Å²) in [5, 5.41) is 16.9. The summed E-state index contributed by atoms with van der Waals surface area (Å²) in [6, 6.07) is 3.86. The largest absolute Gasteiger partial charge is 0.507 e. The number of carbonyl (C=O) groups excluding carboxylic acids is 1. The van der Waals surface area contributed by atoms with Crippen LogP contribution in [0.5, 0.6) is 5.75 Å². The minimum absolute atomic E-state index is 0.274. The summed E-state index contributed by atoms with van der Waals surface area (Å²) in [4.78, 5) is 19.6. The van der Waals surface area contributed by atoms with E-state index in [4.69, 9.17) is 10.8 Å². The summed E-state index contributed by atoms with van der Waals surface area (Å²) in [5.74, 6) is -0.694. The monoisotopic (exact) mass is 324 g/mol. The molecular weight excluding hydrogens is 296 g/mol. The Morgan fingerprint density at radius 3 is 1.91 bits per heavy atom. The molecule has 0 bridgehead atoms. The normalized spacial score (nSPS) is 13.9. The molecule has 0 unspecified atom stereocenters. The van der Waals surface area contributed by atoms with Crippen molar-refractivity contribution in [2.45, 2.75) is 52.0 Å². The Hall–Kier alpha value is -1.92. The minimum atomic E-state index is -0.968. The molecule has 0 aromatic heterocycles. The second-order valence-corrected chi connectivity index (χ2v) is 5.62. The number of carbonyl (C=O) groups is 2. The molecule has 0 saturated heterocycles. The molecule has 6 heteroatoms. The van der Waals surface area contributed by atoms with E-state index in [-0.39, 0.29) is 12.3 Å². The molecule has 2 rings (SSSR count). The van der Waals surface area contributed by atoms with Crippen molar-refractivity contribution in [1.82, 2.24) is 0 Å². The smallest absolute Gasteiger partial charge is 0.317 e. The molecule has 1 aliphatic rings. The fourth-order valence-corrected chi connectivity index (χ4v) is 2.19. The topological polar surface area (TPSA) is 127 Å². The van der Waals surface area contributed by atoms with Gasteiger partial charge in [0.15, 0.2) is 0 Å². The van der Waals surface area contributed by atoms with Crippen molar-refractivity contribution in [3.05, 3.63) is 28.8 Å². The predicted octanol–water partition coefficient (Wildman–Crippen LogP) is 2.13.